The molecule has 1 heterocycles. The van der Waals surface area contributed by atoms with Gasteiger partial charge in [0.1, 0.15) is 0 Å². The smallest absolute Gasteiger partial charge is 0.0705 e. The molecule has 0 saturated heterocycles. The van der Waals surface area contributed by atoms with Crippen molar-refractivity contribution in [1.82, 2.24) is 10.3 Å². The second-order valence-corrected chi connectivity index (χ2v) is 6.92. The Morgan fingerprint density at radius 1 is 1.42 bits per heavy atom. The molecule has 104 valence electrons. The van der Waals surface area contributed by atoms with Crippen molar-refractivity contribution in [1.29, 1.82) is 0 Å². The molecule has 0 radical (unpaired) electrons. The summed E-state index contributed by atoms with van der Waals surface area (Å²) < 4.78 is 11.2. The van der Waals surface area contributed by atoms with Gasteiger partial charge >= 0.3 is 0 Å². The Morgan fingerprint density at radius 3 is 2.84 bits per heavy atom. The quantitative estimate of drug-likeness (QED) is 0.805. The number of para-hydroxylation sites is 1. The van der Waals surface area contributed by atoms with Crippen molar-refractivity contribution < 1.29 is 4.21 Å². The predicted molar refractivity (Wildman–Crippen MR) is 83.2 cm³/mol. The number of rotatable bonds is 6. The lowest BCUT2D eigenvalue weighted by Gasteiger charge is -2.08. The summed E-state index contributed by atoms with van der Waals surface area (Å²) in [5, 5.41) is 5.41. The van der Waals surface area contributed by atoms with Gasteiger partial charge in [0.15, 0.2) is 0 Å². The first-order chi connectivity index (χ1) is 9.09. The molecule has 2 unspecified atom stereocenters. The van der Waals surface area contributed by atoms with Gasteiger partial charge < -0.3 is 10.3 Å². The molecular formula is C14H19ClN2OS. The summed E-state index contributed by atoms with van der Waals surface area (Å²) in [6.07, 6.45) is 2.65. The zero-order chi connectivity index (χ0) is 13.8. The number of hydrogen-bond donors (Lipinski definition) is 2. The van der Waals surface area contributed by atoms with E-state index >= 15 is 0 Å². The number of nitrogens with one attached hydrogen (secondary N) is 2. The SMILES string of the molecule is CC(CCNCc1[nH]c2ccccc2c1Cl)S(C)=O. The second kappa shape index (κ2) is 6.55. The van der Waals surface area contributed by atoms with Gasteiger partial charge in [0.05, 0.1) is 5.02 Å². The average molecular weight is 299 g/mol. The number of halogens is 1. The Kier molecular flexibility index (Phi) is 5.02. The van der Waals surface area contributed by atoms with Crippen LogP contribution in [0, 0.1) is 0 Å². The maximum Gasteiger partial charge on any atom is 0.0705 e. The van der Waals surface area contributed by atoms with Crippen LogP contribution in [0.1, 0.15) is 19.0 Å². The predicted octanol–water partition coefficient (Wildman–Crippen LogP) is 3.07. The van der Waals surface area contributed by atoms with Crippen molar-refractivity contribution in [2.45, 2.75) is 25.1 Å². The second-order valence-electron chi connectivity index (χ2n) is 4.74. The van der Waals surface area contributed by atoms with Gasteiger partial charge in [-0.25, -0.2) is 0 Å². The van der Waals surface area contributed by atoms with Gasteiger partial charge in [-0.1, -0.05) is 36.7 Å². The highest BCUT2D eigenvalue weighted by atomic mass is 35.5. The molecule has 2 N–H and O–H groups in total. The van der Waals surface area contributed by atoms with Crippen LogP contribution < -0.4 is 5.32 Å². The van der Waals surface area contributed by atoms with Crippen molar-refractivity contribution in [3.05, 3.63) is 35.0 Å². The van der Waals surface area contributed by atoms with Crippen LogP contribution in [0.2, 0.25) is 5.02 Å². The topological polar surface area (TPSA) is 44.9 Å². The molecule has 0 saturated carbocycles. The highest BCUT2D eigenvalue weighted by Crippen LogP contribution is 2.26. The number of hydrogen-bond acceptors (Lipinski definition) is 2. The van der Waals surface area contributed by atoms with Crippen LogP contribution in [0.5, 0.6) is 0 Å². The monoisotopic (exact) mass is 298 g/mol. The Morgan fingerprint density at radius 2 is 2.16 bits per heavy atom. The lowest BCUT2D eigenvalue weighted by Crippen LogP contribution is -2.21. The number of aromatic amines is 1. The summed E-state index contributed by atoms with van der Waals surface area (Å²) in [5.41, 5.74) is 2.07. The highest BCUT2D eigenvalue weighted by Gasteiger charge is 2.09. The van der Waals surface area contributed by atoms with Gasteiger partial charge in [0, 0.05) is 45.4 Å². The van der Waals surface area contributed by atoms with E-state index in [2.05, 4.69) is 10.3 Å². The molecular weight excluding hydrogens is 280 g/mol. The van der Waals surface area contributed by atoms with Crippen LogP contribution in [0.25, 0.3) is 10.9 Å². The van der Waals surface area contributed by atoms with E-state index in [0.717, 1.165) is 34.6 Å². The number of benzene rings is 1. The van der Waals surface area contributed by atoms with Gasteiger partial charge in [-0.05, 0) is 19.0 Å². The third kappa shape index (κ3) is 3.59. The Labute approximate surface area is 121 Å². The van der Waals surface area contributed by atoms with Crippen molar-refractivity contribution in [2.75, 3.05) is 12.8 Å². The largest absolute Gasteiger partial charge is 0.356 e. The Hall–Kier alpha value is -0.840. The number of aromatic nitrogens is 1. The van der Waals surface area contributed by atoms with Crippen LogP contribution in [-0.2, 0) is 17.3 Å². The molecule has 0 aliphatic heterocycles. The molecule has 2 rings (SSSR count). The Bertz CT molecular complexity index is 582. The Balaban J connectivity index is 1.91. The lowest BCUT2D eigenvalue weighted by atomic mass is 10.2. The summed E-state index contributed by atoms with van der Waals surface area (Å²) >= 11 is 6.33. The zero-order valence-electron chi connectivity index (χ0n) is 11.2. The third-order valence-electron chi connectivity index (χ3n) is 3.31. The summed E-state index contributed by atoms with van der Waals surface area (Å²) in [5.74, 6) is 0. The molecule has 0 amide bonds. The third-order valence-corrected chi connectivity index (χ3v) is 5.11. The van der Waals surface area contributed by atoms with Crippen molar-refractivity contribution >= 4 is 33.3 Å². The zero-order valence-corrected chi connectivity index (χ0v) is 12.8. The first kappa shape index (κ1) is 14.6. The minimum absolute atomic E-state index is 0.227. The fraction of sp³-hybridized carbons (Fsp3) is 0.429. The van der Waals surface area contributed by atoms with E-state index in [4.69, 9.17) is 11.6 Å². The molecule has 0 spiro atoms. The summed E-state index contributed by atoms with van der Waals surface area (Å²) in [6, 6.07) is 8.01. The van der Waals surface area contributed by atoms with E-state index in [1.54, 1.807) is 6.26 Å². The summed E-state index contributed by atoms with van der Waals surface area (Å²) in [7, 11) is -0.749. The van der Waals surface area contributed by atoms with Crippen LogP contribution >= 0.6 is 11.6 Å². The van der Waals surface area contributed by atoms with Crippen LogP contribution in [0.15, 0.2) is 24.3 Å². The highest BCUT2D eigenvalue weighted by molar-refractivity contribution is 7.84. The minimum Gasteiger partial charge on any atom is -0.356 e. The first-order valence-corrected chi connectivity index (χ1v) is 8.37. The van der Waals surface area contributed by atoms with E-state index in [1.807, 2.05) is 31.2 Å². The minimum atomic E-state index is -0.749. The summed E-state index contributed by atoms with van der Waals surface area (Å²) in [4.78, 5) is 3.32. The summed E-state index contributed by atoms with van der Waals surface area (Å²) in [6.45, 7) is 3.55. The standard InChI is InChI=1S/C14H19ClN2OS/c1-10(19(2)18)7-8-16-9-13-14(15)11-5-3-4-6-12(11)17-13/h3-6,10,16-17H,7-9H2,1-2H3. The van der Waals surface area contributed by atoms with Gasteiger partial charge in [-0.2, -0.15) is 0 Å². The van der Waals surface area contributed by atoms with E-state index in [-0.39, 0.29) is 5.25 Å². The van der Waals surface area contributed by atoms with Gasteiger partial charge in [0.25, 0.3) is 0 Å². The molecule has 0 aliphatic carbocycles. The van der Waals surface area contributed by atoms with Gasteiger partial charge in [-0.3, -0.25) is 4.21 Å². The molecule has 0 aliphatic rings. The van der Waals surface area contributed by atoms with E-state index in [9.17, 15) is 4.21 Å². The van der Waals surface area contributed by atoms with E-state index < -0.39 is 10.8 Å². The number of H-pyrrole nitrogens is 1. The van der Waals surface area contributed by atoms with Gasteiger partial charge in [-0.15, -0.1) is 0 Å². The molecule has 0 fully saturated rings. The molecule has 1 aromatic carbocycles. The molecule has 19 heavy (non-hydrogen) atoms. The molecule has 3 nitrogen and oxygen atoms in total. The molecule has 5 heteroatoms. The molecule has 0 bridgehead atoms. The van der Waals surface area contributed by atoms with Gasteiger partial charge in [0.2, 0.25) is 0 Å². The average Bonchev–Trinajstić information content (AvgIpc) is 2.72. The normalized spacial score (nSPS) is 14.7. The molecule has 2 atom stereocenters. The van der Waals surface area contributed by atoms with Crippen LogP contribution in [0.3, 0.4) is 0 Å². The molecule has 2 aromatic rings. The number of fused-ring (bicyclic) bond motifs is 1. The van der Waals surface area contributed by atoms with Crippen LogP contribution in [0.4, 0.5) is 0 Å². The van der Waals surface area contributed by atoms with Crippen molar-refractivity contribution in [3.8, 4) is 0 Å². The maximum atomic E-state index is 11.2. The van der Waals surface area contributed by atoms with Crippen molar-refractivity contribution in [2.24, 2.45) is 0 Å². The first-order valence-electron chi connectivity index (χ1n) is 6.37. The van der Waals surface area contributed by atoms with E-state index in [0.29, 0.717) is 6.54 Å². The van der Waals surface area contributed by atoms with Crippen molar-refractivity contribution in [3.63, 3.8) is 0 Å². The van der Waals surface area contributed by atoms with E-state index in [1.165, 1.54) is 0 Å². The lowest BCUT2D eigenvalue weighted by molar-refractivity contribution is 0.625. The fourth-order valence-electron chi connectivity index (χ4n) is 1.97. The fourth-order valence-corrected chi connectivity index (χ4v) is 2.70. The molecule has 1 aromatic heterocycles. The van der Waals surface area contributed by atoms with Crippen LogP contribution in [-0.4, -0.2) is 27.2 Å². The maximum absolute atomic E-state index is 11.2.